The van der Waals surface area contributed by atoms with Gasteiger partial charge in [-0.1, -0.05) is 48.0 Å². The number of hydrogen-bond acceptors (Lipinski definition) is 4. The number of rotatable bonds is 5. The van der Waals surface area contributed by atoms with E-state index < -0.39 is 11.8 Å². The number of nitrogens with one attached hydrogen (secondary N) is 2. The average Bonchev–Trinajstić information content (AvgIpc) is 3.31. The summed E-state index contributed by atoms with van der Waals surface area (Å²) >= 11 is 7.77. The smallest absolute Gasteiger partial charge is 0.313 e. The highest BCUT2D eigenvalue weighted by Crippen LogP contribution is 2.30. The third kappa shape index (κ3) is 5.15. The molecule has 2 N–H and O–H groups in total. The highest BCUT2D eigenvalue weighted by atomic mass is 35.5. The van der Waals surface area contributed by atoms with Crippen molar-refractivity contribution < 1.29 is 9.59 Å². The first kappa shape index (κ1) is 21.6. The third-order valence-corrected chi connectivity index (χ3v) is 6.95. The van der Waals surface area contributed by atoms with E-state index in [0.29, 0.717) is 17.3 Å². The number of amides is 2. The summed E-state index contributed by atoms with van der Waals surface area (Å²) in [6.07, 6.45) is 0.973. The minimum absolute atomic E-state index is 0.0129. The second-order valence-electron chi connectivity index (χ2n) is 7.65. The van der Waals surface area contributed by atoms with Crippen molar-refractivity contribution in [2.75, 3.05) is 18.4 Å². The summed E-state index contributed by atoms with van der Waals surface area (Å²) < 4.78 is 0. The van der Waals surface area contributed by atoms with Crippen LogP contribution in [0.5, 0.6) is 0 Å². The Labute approximate surface area is 191 Å². The largest absolute Gasteiger partial charge is 0.346 e. The molecule has 5 nitrogen and oxygen atoms in total. The fraction of sp³-hybridized carbons (Fsp3) is 0.250. The summed E-state index contributed by atoms with van der Waals surface area (Å²) in [5, 5.41) is 8.01. The summed E-state index contributed by atoms with van der Waals surface area (Å²) in [7, 11) is 0. The van der Waals surface area contributed by atoms with Crippen LogP contribution in [0.3, 0.4) is 0 Å². The second-order valence-corrected chi connectivity index (χ2v) is 9.03. The molecule has 2 heterocycles. The van der Waals surface area contributed by atoms with Gasteiger partial charge < -0.3 is 10.6 Å². The van der Waals surface area contributed by atoms with Gasteiger partial charge in [0.1, 0.15) is 0 Å². The van der Waals surface area contributed by atoms with Crippen molar-refractivity contribution in [3.63, 3.8) is 0 Å². The zero-order valence-corrected chi connectivity index (χ0v) is 18.8. The quantitative estimate of drug-likeness (QED) is 0.556. The number of anilines is 1. The highest BCUT2D eigenvalue weighted by Gasteiger charge is 2.26. The van der Waals surface area contributed by atoms with Gasteiger partial charge in [-0.2, -0.15) is 0 Å². The molecule has 0 spiro atoms. The van der Waals surface area contributed by atoms with Crippen molar-refractivity contribution in [1.82, 2.24) is 10.2 Å². The van der Waals surface area contributed by atoms with Crippen LogP contribution in [0.4, 0.5) is 5.69 Å². The minimum atomic E-state index is -0.700. The van der Waals surface area contributed by atoms with Crippen molar-refractivity contribution >= 4 is 40.4 Å². The standard InChI is InChI=1S/C24H24ClN3O2S/c1-16-8-9-19(13-20(16)25)27-24(30)23(29)26-14-21(22-7-4-12-31-22)28-11-10-17-5-2-3-6-18(17)15-28/h2-9,12-13,21H,10-11,14-15H2,1H3,(H,26,29)(H,27,30)/t21-/m0/s1. The molecule has 0 saturated heterocycles. The number of nitrogens with zero attached hydrogens (tertiary/aromatic N) is 1. The topological polar surface area (TPSA) is 61.4 Å². The SMILES string of the molecule is Cc1ccc(NC(=O)C(=O)NC[C@@H](c2cccs2)N2CCc3ccccc3C2)cc1Cl. The van der Waals surface area contributed by atoms with Crippen molar-refractivity contribution in [2.24, 2.45) is 0 Å². The lowest BCUT2D eigenvalue weighted by Gasteiger charge is -2.35. The molecular formula is C24H24ClN3O2S. The highest BCUT2D eigenvalue weighted by molar-refractivity contribution is 7.10. The van der Waals surface area contributed by atoms with Gasteiger partial charge in [0.05, 0.1) is 6.04 Å². The van der Waals surface area contributed by atoms with Crippen LogP contribution >= 0.6 is 22.9 Å². The normalized spacial score (nSPS) is 14.5. The third-order valence-electron chi connectivity index (χ3n) is 5.56. The lowest BCUT2D eigenvalue weighted by molar-refractivity contribution is -0.136. The molecule has 2 amide bonds. The van der Waals surface area contributed by atoms with Gasteiger partial charge in [0.15, 0.2) is 0 Å². The van der Waals surface area contributed by atoms with Gasteiger partial charge in [0.25, 0.3) is 0 Å². The Morgan fingerprint density at radius 2 is 1.90 bits per heavy atom. The van der Waals surface area contributed by atoms with Gasteiger partial charge in [-0.3, -0.25) is 14.5 Å². The lowest BCUT2D eigenvalue weighted by atomic mass is 9.98. The first-order valence-electron chi connectivity index (χ1n) is 10.2. The molecule has 4 rings (SSSR count). The van der Waals surface area contributed by atoms with Crippen LogP contribution in [0.15, 0.2) is 60.0 Å². The number of thiophene rings is 1. The molecule has 0 bridgehead atoms. The number of carbonyl (C=O) groups is 2. The first-order valence-corrected chi connectivity index (χ1v) is 11.5. The summed E-state index contributed by atoms with van der Waals surface area (Å²) in [6.45, 7) is 3.97. The van der Waals surface area contributed by atoms with Crippen LogP contribution in [0.1, 0.15) is 27.6 Å². The van der Waals surface area contributed by atoms with E-state index in [1.54, 1.807) is 29.5 Å². The minimum Gasteiger partial charge on any atom is -0.346 e. The number of carbonyl (C=O) groups excluding carboxylic acids is 2. The van der Waals surface area contributed by atoms with Gasteiger partial charge in [0, 0.05) is 35.2 Å². The number of hydrogen-bond donors (Lipinski definition) is 2. The second kappa shape index (κ2) is 9.64. The van der Waals surface area contributed by atoms with Crippen molar-refractivity contribution in [1.29, 1.82) is 0 Å². The van der Waals surface area contributed by atoms with E-state index in [4.69, 9.17) is 11.6 Å². The van der Waals surface area contributed by atoms with Gasteiger partial charge >= 0.3 is 11.8 Å². The van der Waals surface area contributed by atoms with E-state index >= 15 is 0 Å². The summed E-state index contributed by atoms with van der Waals surface area (Å²) in [4.78, 5) is 28.4. The monoisotopic (exact) mass is 453 g/mol. The van der Waals surface area contributed by atoms with Crippen LogP contribution in [-0.2, 0) is 22.6 Å². The summed E-state index contributed by atoms with van der Waals surface area (Å²) in [5.41, 5.74) is 4.10. The molecule has 31 heavy (non-hydrogen) atoms. The molecule has 1 aliphatic rings. The molecule has 1 aromatic heterocycles. The van der Waals surface area contributed by atoms with E-state index in [-0.39, 0.29) is 6.04 Å². The molecule has 0 aliphatic carbocycles. The molecule has 0 unspecified atom stereocenters. The maximum absolute atomic E-state index is 12.5. The maximum Gasteiger partial charge on any atom is 0.313 e. The van der Waals surface area contributed by atoms with Crippen molar-refractivity contribution in [3.8, 4) is 0 Å². The van der Waals surface area contributed by atoms with Crippen molar-refractivity contribution in [2.45, 2.75) is 25.9 Å². The Morgan fingerprint density at radius 1 is 1.10 bits per heavy atom. The van der Waals surface area contributed by atoms with E-state index in [9.17, 15) is 9.59 Å². The van der Waals surface area contributed by atoms with E-state index in [0.717, 1.165) is 25.1 Å². The number of halogens is 1. The maximum atomic E-state index is 12.5. The fourth-order valence-electron chi connectivity index (χ4n) is 3.80. The predicted molar refractivity (Wildman–Crippen MR) is 125 cm³/mol. The van der Waals surface area contributed by atoms with Crippen LogP contribution in [0, 0.1) is 6.92 Å². The van der Waals surface area contributed by atoms with Gasteiger partial charge in [0.2, 0.25) is 0 Å². The molecule has 0 radical (unpaired) electrons. The van der Waals surface area contributed by atoms with Gasteiger partial charge in [-0.15, -0.1) is 11.3 Å². The number of benzene rings is 2. The zero-order chi connectivity index (χ0) is 21.8. The summed E-state index contributed by atoms with van der Waals surface area (Å²) in [5.74, 6) is -1.36. The Bertz CT molecular complexity index is 1080. The number of aryl methyl sites for hydroxylation is 1. The van der Waals surface area contributed by atoms with Crippen molar-refractivity contribution in [3.05, 3.63) is 86.6 Å². The Balaban J connectivity index is 1.41. The fourth-order valence-corrected chi connectivity index (χ4v) is 4.84. The van der Waals surface area contributed by atoms with E-state index in [2.05, 4.69) is 45.9 Å². The molecule has 160 valence electrons. The number of fused-ring (bicyclic) bond motifs is 1. The van der Waals surface area contributed by atoms with E-state index in [1.165, 1.54) is 16.0 Å². The Hall–Kier alpha value is -2.67. The van der Waals surface area contributed by atoms with E-state index in [1.807, 2.05) is 18.4 Å². The Morgan fingerprint density at radius 3 is 2.65 bits per heavy atom. The first-order chi connectivity index (χ1) is 15.0. The van der Waals surface area contributed by atoms with Gasteiger partial charge in [-0.05, 0) is 53.6 Å². The molecule has 1 atom stereocenters. The van der Waals surface area contributed by atoms with Crippen LogP contribution in [0.25, 0.3) is 0 Å². The molecule has 2 aromatic carbocycles. The molecule has 7 heteroatoms. The van der Waals surface area contributed by atoms with Crippen LogP contribution in [0.2, 0.25) is 5.02 Å². The van der Waals surface area contributed by atoms with Crippen LogP contribution < -0.4 is 10.6 Å². The predicted octanol–water partition coefficient (Wildman–Crippen LogP) is 4.56. The Kier molecular flexibility index (Phi) is 6.70. The zero-order valence-electron chi connectivity index (χ0n) is 17.2. The molecule has 0 fully saturated rings. The summed E-state index contributed by atoms with van der Waals surface area (Å²) in [6, 6.07) is 17.7. The van der Waals surface area contributed by atoms with Gasteiger partial charge in [-0.25, -0.2) is 0 Å². The molecule has 3 aromatic rings. The molecule has 0 saturated carbocycles. The lowest BCUT2D eigenvalue weighted by Crippen LogP contribution is -2.43. The average molecular weight is 454 g/mol. The molecular weight excluding hydrogens is 430 g/mol. The molecule has 1 aliphatic heterocycles. The van der Waals surface area contributed by atoms with Crippen LogP contribution in [-0.4, -0.2) is 29.8 Å².